The molecule has 3 aromatic rings. The van der Waals surface area contributed by atoms with E-state index in [0.29, 0.717) is 18.4 Å². The van der Waals surface area contributed by atoms with E-state index in [1.54, 1.807) is 92.7 Å². The average molecular weight is 880 g/mol. The highest BCUT2D eigenvalue weighted by molar-refractivity contribution is 5.96. The third-order valence-corrected chi connectivity index (χ3v) is 14.3. The van der Waals surface area contributed by atoms with Gasteiger partial charge < -0.3 is 44.3 Å². The van der Waals surface area contributed by atoms with E-state index in [9.17, 15) is 39.3 Å². The number of rotatable bonds is 11. The standard InChI is InChI=1S/C49H53NO14/c1-26-32(62-45(58)37(53)36(28-15-9-6-10-16-28)50-42(55)29-17-11-7-12-18-29)24-49(59)41(63-43(56)30-19-13-8-14-20-30)39-47(5,40(54)38(61-27(2)51)35(26)46(49,3)4)33(52)23-34-48(39,25-60-34)64-44(57)31-21-22-31/h6-20,31-34,36-39,41,52-53,59H,21-25H2,1-5H3,(H,50,55)/t32-,33-,34+,36?,37+,38+,39?,41-,47+,48-,49+/m0/s1. The first-order chi connectivity index (χ1) is 30.3. The van der Waals surface area contributed by atoms with Crippen LogP contribution in [0.15, 0.2) is 102 Å². The van der Waals surface area contributed by atoms with Crippen molar-refractivity contribution in [3.05, 3.63) is 119 Å². The molecular weight excluding hydrogens is 827 g/mol. The van der Waals surface area contributed by atoms with E-state index >= 15 is 4.79 Å². The van der Waals surface area contributed by atoms with Gasteiger partial charge in [0.2, 0.25) is 0 Å². The first kappa shape index (κ1) is 44.9. The summed E-state index contributed by atoms with van der Waals surface area (Å²) in [5, 5.41) is 40.5. The molecule has 1 saturated heterocycles. The summed E-state index contributed by atoms with van der Waals surface area (Å²) in [4.78, 5) is 84.7. The van der Waals surface area contributed by atoms with Crippen molar-refractivity contribution in [1.29, 1.82) is 0 Å². The minimum Gasteiger partial charge on any atom is -0.456 e. The Morgan fingerprint density at radius 1 is 0.844 bits per heavy atom. The van der Waals surface area contributed by atoms with Gasteiger partial charge in [0.15, 0.2) is 23.6 Å². The van der Waals surface area contributed by atoms with Crippen LogP contribution < -0.4 is 5.32 Å². The second-order valence-corrected chi connectivity index (χ2v) is 18.5. The maximum Gasteiger partial charge on any atom is 0.338 e. The van der Waals surface area contributed by atoms with Crippen LogP contribution in [0.1, 0.15) is 92.6 Å². The number of carbonyl (C=O) groups is 6. The molecule has 0 spiro atoms. The Balaban J connectivity index is 1.27. The van der Waals surface area contributed by atoms with Crippen LogP contribution in [0.5, 0.6) is 0 Å². The Kier molecular flexibility index (Phi) is 11.7. The van der Waals surface area contributed by atoms with Crippen LogP contribution in [-0.2, 0) is 42.9 Å². The number of Topliss-reactive ketones (excluding diaryl/α,β-unsaturated/α-hetero) is 1. The van der Waals surface area contributed by atoms with Gasteiger partial charge in [-0.2, -0.15) is 0 Å². The van der Waals surface area contributed by atoms with E-state index < -0.39 is 119 Å². The van der Waals surface area contributed by atoms with Gasteiger partial charge in [-0.15, -0.1) is 0 Å². The summed E-state index contributed by atoms with van der Waals surface area (Å²) in [6.45, 7) is 6.94. The van der Waals surface area contributed by atoms with Crippen LogP contribution in [-0.4, -0.2) is 105 Å². The fourth-order valence-corrected chi connectivity index (χ4v) is 10.5. The van der Waals surface area contributed by atoms with Gasteiger partial charge in [-0.25, -0.2) is 9.59 Å². The van der Waals surface area contributed by atoms with E-state index in [-0.39, 0.29) is 35.3 Å². The lowest BCUT2D eigenvalue weighted by atomic mass is 9.44. The van der Waals surface area contributed by atoms with E-state index in [1.165, 1.54) is 26.0 Å². The van der Waals surface area contributed by atoms with E-state index in [4.69, 9.17) is 23.7 Å². The smallest absolute Gasteiger partial charge is 0.338 e. The number of ketones is 1. The van der Waals surface area contributed by atoms with Crippen LogP contribution in [0.2, 0.25) is 0 Å². The normalized spacial score (nSPS) is 32.4. The first-order valence-corrected chi connectivity index (χ1v) is 21.6. The van der Waals surface area contributed by atoms with Crippen LogP contribution >= 0.6 is 0 Å². The molecule has 4 N–H and O–H groups in total. The van der Waals surface area contributed by atoms with Gasteiger partial charge in [-0.1, -0.05) is 80.6 Å². The molecule has 0 radical (unpaired) electrons. The minimum atomic E-state index is -2.39. The van der Waals surface area contributed by atoms with Crippen molar-refractivity contribution in [1.82, 2.24) is 5.32 Å². The Morgan fingerprint density at radius 2 is 1.44 bits per heavy atom. The highest BCUT2D eigenvalue weighted by Gasteiger charge is 2.78. The highest BCUT2D eigenvalue weighted by atomic mass is 16.6. The Bertz CT molecular complexity index is 2370. The van der Waals surface area contributed by atoms with Crippen molar-refractivity contribution in [3.63, 3.8) is 0 Å². The quantitative estimate of drug-likeness (QED) is 0.121. The summed E-state index contributed by atoms with van der Waals surface area (Å²) in [7, 11) is 0. The third kappa shape index (κ3) is 7.41. The number of aliphatic hydroxyl groups excluding tert-OH is 2. The van der Waals surface area contributed by atoms with Crippen molar-refractivity contribution in [2.45, 2.75) is 114 Å². The predicted molar refractivity (Wildman–Crippen MR) is 225 cm³/mol. The van der Waals surface area contributed by atoms with Crippen LogP contribution in [0, 0.1) is 22.7 Å². The number of hydrogen-bond acceptors (Lipinski definition) is 14. The number of benzene rings is 3. The Morgan fingerprint density at radius 3 is 2.00 bits per heavy atom. The molecule has 3 saturated carbocycles. The zero-order valence-electron chi connectivity index (χ0n) is 36.2. The molecule has 15 nitrogen and oxygen atoms in total. The van der Waals surface area contributed by atoms with Crippen molar-refractivity contribution in [3.8, 4) is 0 Å². The van der Waals surface area contributed by atoms with Gasteiger partial charge in [0.1, 0.15) is 23.9 Å². The number of hydrogen-bond donors (Lipinski definition) is 4. The lowest BCUT2D eigenvalue weighted by Crippen LogP contribution is -2.82. The fraction of sp³-hybridized carbons (Fsp3) is 0.469. The molecule has 5 aliphatic rings. The topological polar surface area (TPSA) is 221 Å². The summed E-state index contributed by atoms with van der Waals surface area (Å²) in [5.74, 6) is -7.00. The van der Waals surface area contributed by atoms with Gasteiger partial charge in [0.05, 0.1) is 41.6 Å². The summed E-state index contributed by atoms with van der Waals surface area (Å²) in [6, 6.07) is 23.1. The number of carbonyl (C=O) groups excluding carboxylic acids is 6. The summed E-state index contributed by atoms with van der Waals surface area (Å²) < 4.78 is 30.9. The van der Waals surface area contributed by atoms with Gasteiger partial charge >= 0.3 is 23.9 Å². The second kappa shape index (κ2) is 16.7. The molecule has 64 heavy (non-hydrogen) atoms. The van der Waals surface area contributed by atoms with Crippen molar-refractivity contribution >= 4 is 35.6 Å². The number of esters is 4. The molecular formula is C49H53NO14. The SMILES string of the molecule is CC(=O)O[C@H]1C(=O)[C@@]2(C)C([C@H](OC(=O)c3ccccc3)[C@]3(O)C[C@H](OC(=O)[C@H](O)C(NC(=O)c4ccccc4)c4ccccc4)C(C)=C1C3(C)C)[C@]1(OC(=O)C3CC3)CO[C@@H]1C[C@@H]2O. The summed E-state index contributed by atoms with van der Waals surface area (Å²) in [6.07, 6.45) is -9.30. The molecule has 338 valence electrons. The highest BCUT2D eigenvalue weighted by Crippen LogP contribution is 2.64. The lowest BCUT2D eigenvalue weighted by Gasteiger charge is -2.67. The summed E-state index contributed by atoms with van der Waals surface area (Å²) >= 11 is 0. The lowest BCUT2D eigenvalue weighted by molar-refractivity contribution is -0.346. The third-order valence-electron chi connectivity index (χ3n) is 14.3. The van der Waals surface area contributed by atoms with Gasteiger partial charge in [-0.3, -0.25) is 19.2 Å². The molecule has 3 aromatic carbocycles. The zero-order chi connectivity index (χ0) is 45.9. The van der Waals surface area contributed by atoms with Crippen LogP contribution in [0.3, 0.4) is 0 Å². The number of fused-ring (bicyclic) bond motifs is 5. The zero-order valence-corrected chi connectivity index (χ0v) is 36.2. The predicted octanol–water partition coefficient (Wildman–Crippen LogP) is 4.13. The van der Waals surface area contributed by atoms with E-state index in [1.807, 2.05) is 0 Å². The molecule has 11 atom stereocenters. The van der Waals surface area contributed by atoms with E-state index in [2.05, 4.69) is 5.32 Å². The first-order valence-electron chi connectivity index (χ1n) is 21.6. The molecule has 4 fully saturated rings. The maximum absolute atomic E-state index is 15.6. The molecule has 0 aromatic heterocycles. The molecule has 1 amide bonds. The van der Waals surface area contributed by atoms with E-state index in [0.717, 1.165) is 6.92 Å². The number of ether oxygens (including phenoxy) is 5. The molecule has 2 unspecified atom stereocenters. The van der Waals surface area contributed by atoms with Crippen LogP contribution in [0.25, 0.3) is 0 Å². The van der Waals surface area contributed by atoms with Gasteiger partial charge in [0.25, 0.3) is 5.91 Å². The number of nitrogens with one attached hydrogen (secondary N) is 1. The monoisotopic (exact) mass is 879 g/mol. The molecule has 4 aliphatic carbocycles. The minimum absolute atomic E-state index is 0.00868. The largest absolute Gasteiger partial charge is 0.456 e. The Hall–Kier alpha value is -5.74. The van der Waals surface area contributed by atoms with Crippen LogP contribution in [0.4, 0.5) is 0 Å². The average Bonchev–Trinajstić information content (AvgIpc) is 4.13. The molecule has 1 aliphatic heterocycles. The molecule has 1 heterocycles. The number of amides is 1. The fourth-order valence-electron chi connectivity index (χ4n) is 10.5. The molecule has 8 rings (SSSR count). The maximum atomic E-state index is 15.6. The second-order valence-electron chi connectivity index (χ2n) is 18.5. The Labute approximate surface area is 370 Å². The van der Waals surface area contributed by atoms with Gasteiger partial charge in [0, 0.05) is 30.7 Å². The summed E-state index contributed by atoms with van der Waals surface area (Å²) in [5.41, 5.74) is -6.94. The van der Waals surface area contributed by atoms with Crippen molar-refractivity contribution in [2.24, 2.45) is 22.7 Å². The van der Waals surface area contributed by atoms with Gasteiger partial charge in [-0.05, 0) is 67.7 Å². The molecule has 2 bridgehead atoms. The molecule has 15 heteroatoms. The van der Waals surface area contributed by atoms with Crippen molar-refractivity contribution < 1.29 is 67.8 Å². The number of aliphatic hydroxyl groups is 3. The van der Waals surface area contributed by atoms with Crippen molar-refractivity contribution in [2.75, 3.05) is 6.61 Å².